The van der Waals surface area contributed by atoms with E-state index >= 15 is 0 Å². The van der Waals surface area contributed by atoms with Gasteiger partial charge in [-0.3, -0.25) is 0 Å². The van der Waals surface area contributed by atoms with E-state index in [0.717, 1.165) is 6.07 Å². The summed E-state index contributed by atoms with van der Waals surface area (Å²) in [6, 6.07) is 10.4. The lowest BCUT2D eigenvalue weighted by Gasteiger charge is -2.08. The predicted octanol–water partition coefficient (Wildman–Crippen LogP) is 3.41. The van der Waals surface area contributed by atoms with Crippen molar-refractivity contribution in [1.82, 2.24) is 0 Å². The zero-order valence-corrected chi connectivity index (χ0v) is 10.8. The Kier molecular flexibility index (Phi) is 3.13. The molecular weight excluding hydrogens is 301 g/mol. The highest BCUT2D eigenvalue weighted by molar-refractivity contribution is 6.04. The van der Waals surface area contributed by atoms with Gasteiger partial charge < -0.3 is 9.15 Å². The first-order valence-electron chi connectivity index (χ1n) is 6.11. The summed E-state index contributed by atoms with van der Waals surface area (Å²) in [7, 11) is 0. The molecule has 0 fully saturated rings. The van der Waals surface area contributed by atoms with Gasteiger partial charge in [-0.1, -0.05) is 18.2 Å². The number of alkyl halides is 3. The average molecular weight is 308 g/mol. The van der Waals surface area contributed by atoms with Gasteiger partial charge in [-0.2, -0.15) is 13.2 Å². The van der Waals surface area contributed by atoms with Crippen molar-refractivity contribution < 1.29 is 27.1 Å². The van der Waals surface area contributed by atoms with E-state index < -0.39 is 17.8 Å². The molecule has 1 aromatic heterocycles. The van der Waals surface area contributed by atoms with Crippen molar-refractivity contribution in [3.63, 3.8) is 0 Å². The van der Waals surface area contributed by atoms with Gasteiger partial charge in [-0.25, -0.2) is 9.59 Å². The molecule has 0 amide bonds. The SMILES string of the molecule is O=C(Oc1ccc2c(c1)oc(=O)c1ccccc12)C(F)(F)F. The van der Waals surface area contributed by atoms with E-state index in [1.165, 1.54) is 12.1 Å². The predicted molar refractivity (Wildman–Crippen MR) is 71.7 cm³/mol. The zero-order valence-electron chi connectivity index (χ0n) is 10.8. The summed E-state index contributed by atoms with van der Waals surface area (Å²) in [6.07, 6.45) is -5.10. The first-order valence-corrected chi connectivity index (χ1v) is 6.11. The van der Waals surface area contributed by atoms with E-state index in [1.54, 1.807) is 24.3 Å². The van der Waals surface area contributed by atoms with Crippen molar-refractivity contribution >= 4 is 27.7 Å². The molecular formula is C15H7F3O4. The minimum absolute atomic E-state index is 0.0381. The number of hydrogen-bond acceptors (Lipinski definition) is 4. The van der Waals surface area contributed by atoms with Crippen molar-refractivity contribution in [2.24, 2.45) is 0 Å². The number of rotatable bonds is 1. The average Bonchev–Trinajstić information content (AvgIpc) is 2.46. The molecule has 0 aliphatic heterocycles. The van der Waals surface area contributed by atoms with Gasteiger partial charge in [0.2, 0.25) is 0 Å². The van der Waals surface area contributed by atoms with Crippen LogP contribution < -0.4 is 10.4 Å². The summed E-state index contributed by atoms with van der Waals surface area (Å²) in [5.74, 6) is -2.69. The third-order valence-corrected chi connectivity index (χ3v) is 3.03. The molecule has 7 heteroatoms. The molecule has 0 saturated carbocycles. The van der Waals surface area contributed by atoms with Crippen LogP contribution in [0.2, 0.25) is 0 Å². The van der Waals surface area contributed by atoms with Crippen LogP contribution in [0.5, 0.6) is 5.75 Å². The lowest BCUT2D eigenvalue weighted by Crippen LogP contribution is -2.27. The van der Waals surface area contributed by atoms with Crippen molar-refractivity contribution in [2.45, 2.75) is 6.18 Å². The Labute approximate surface area is 120 Å². The van der Waals surface area contributed by atoms with Crippen molar-refractivity contribution in [1.29, 1.82) is 0 Å². The fourth-order valence-electron chi connectivity index (χ4n) is 2.09. The molecule has 0 aliphatic carbocycles. The smallest absolute Gasteiger partial charge is 0.422 e. The van der Waals surface area contributed by atoms with Crippen LogP contribution in [0.15, 0.2) is 51.7 Å². The Hall–Kier alpha value is -2.83. The van der Waals surface area contributed by atoms with E-state index in [4.69, 9.17) is 4.42 Å². The van der Waals surface area contributed by atoms with Gasteiger partial charge in [0.1, 0.15) is 11.3 Å². The Balaban J connectivity index is 2.13. The third-order valence-electron chi connectivity index (χ3n) is 3.03. The topological polar surface area (TPSA) is 56.5 Å². The Bertz CT molecular complexity index is 941. The molecule has 0 spiro atoms. The molecule has 22 heavy (non-hydrogen) atoms. The Morgan fingerprint density at radius 1 is 1.00 bits per heavy atom. The zero-order chi connectivity index (χ0) is 15.9. The summed E-state index contributed by atoms with van der Waals surface area (Å²) in [5.41, 5.74) is -0.585. The van der Waals surface area contributed by atoms with Crippen LogP contribution in [0.1, 0.15) is 0 Å². The molecule has 2 aromatic carbocycles. The number of ether oxygens (including phenoxy) is 1. The molecule has 3 rings (SSSR count). The standard InChI is InChI=1S/C15H7F3O4/c16-15(17,18)14(20)21-8-5-6-10-9-3-1-2-4-11(9)13(19)22-12(10)7-8/h1-7H. The summed E-state index contributed by atoms with van der Waals surface area (Å²) < 4.78 is 45.8. The van der Waals surface area contributed by atoms with Gasteiger partial charge in [0.25, 0.3) is 0 Å². The highest BCUT2D eigenvalue weighted by Crippen LogP contribution is 2.27. The molecule has 112 valence electrons. The van der Waals surface area contributed by atoms with Crippen molar-refractivity contribution in [3.8, 4) is 5.75 Å². The molecule has 0 unspecified atom stereocenters. The van der Waals surface area contributed by atoms with E-state index in [0.29, 0.717) is 16.2 Å². The molecule has 0 bridgehead atoms. The van der Waals surface area contributed by atoms with Crippen LogP contribution in [0.25, 0.3) is 21.7 Å². The molecule has 0 aliphatic rings. The van der Waals surface area contributed by atoms with Gasteiger partial charge in [0.15, 0.2) is 0 Å². The van der Waals surface area contributed by atoms with E-state index in [-0.39, 0.29) is 11.3 Å². The van der Waals surface area contributed by atoms with E-state index in [1.807, 2.05) is 0 Å². The van der Waals surface area contributed by atoms with Crippen molar-refractivity contribution in [3.05, 3.63) is 52.9 Å². The minimum Gasteiger partial charge on any atom is -0.422 e. The number of benzene rings is 2. The first-order chi connectivity index (χ1) is 10.4. The number of carbonyl (C=O) groups is 1. The Morgan fingerprint density at radius 2 is 1.68 bits per heavy atom. The lowest BCUT2D eigenvalue weighted by atomic mass is 10.1. The lowest BCUT2D eigenvalue weighted by molar-refractivity contribution is -0.189. The van der Waals surface area contributed by atoms with Gasteiger partial charge in [0.05, 0.1) is 5.39 Å². The number of hydrogen-bond donors (Lipinski definition) is 0. The summed E-state index contributed by atoms with van der Waals surface area (Å²) in [6.45, 7) is 0. The van der Waals surface area contributed by atoms with Crippen LogP contribution in [-0.4, -0.2) is 12.1 Å². The van der Waals surface area contributed by atoms with Crippen LogP contribution in [0, 0.1) is 0 Å². The second-order valence-electron chi connectivity index (χ2n) is 4.48. The number of fused-ring (bicyclic) bond motifs is 3. The maximum Gasteiger partial charge on any atom is 0.491 e. The fourth-order valence-corrected chi connectivity index (χ4v) is 2.09. The van der Waals surface area contributed by atoms with Gasteiger partial charge >= 0.3 is 17.8 Å². The van der Waals surface area contributed by atoms with Gasteiger partial charge in [-0.15, -0.1) is 0 Å². The molecule has 4 nitrogen and oxygen atoms in total. The first kappa shape index (κ1) is 14.1. The van der Waals surface area contributed by atoms with E-state index in [9.17, 15) is 22.8 Å². The quantitative estimate of drug-likeness (QED) is 0.299. The van der Waals surface area contributed by atoms with Crippen LogP contribution in [0.3, 0.4) is 0 Å². The molecule has 3 aromatic rings. The summed E-state index contributed by atoms with van der Waals surface area (Å²) >= 11 is 0. The highest BCUT2D eigenvalue weighted by atomic mass is 19.4. The maximum absolute atomic E-state index is 12.2. The number of carbonyl (C=O) groups excluding carboxylic acids is 1. The monoisotopic (exact) mass is 308 g/mol. The molecule has 0 N–H and O–H groups in total. The largest absolute Gasteiger partial charge is 0.491 e. The third kappa shape index (κ3) is 2.41. The maximum atomic E-state index is 12.2. The number of halogens is 3. The summed E-state index contributed by atoms with van der Waals surface area (Å²) in [4.78, 5) is 22.6. The summed E-state index contributed by atoms with van der Waals surface area (Å²) in [5, 5.41) is 1.49. The van der Waals surface area contributed by atoms with Crippen LogP contribution in [0.4, 0.5) is 13.2 Å². The fraction of sp³-hybridized carbons (Fsp3) is 0.0667. The van der Waals surface area contributed by atoms with Crippen LogP contribution in [-0.2, 0) is 4.79 Å². The molecule has 0 saturated heterocycles. The Morgan fingerprint density at radius 3 is 2.36 bits per heavy atom. The molecule has 1 heterocycles. The molecule has 0 radical (unpaired) electrons. The van der Waals surface area contributed by atoms with Crippen molar-refractivity contribution in [2.75, 3.05) is 0 Å². The van der Waals surface area contributed by atoms with Gasteiger partial charge in [-0.05, 0) is 23.6 Å². The highest BCUT2D eigenvalue weighted by Gasteiger charge is 2.41. The minimum atomic E-state index is -5.10. The molecule has 0 atom stereocenters. The number of esters is 1. The normalized spacial score (nSPS) is 11.8. The van der Waals surface area contributed by atoms with Gasteiger partial charge in [0, 0.05) is 11.5 Å². The second-order valence-corrected chi connectivity index (χ2v) is 4.48. The van der Waals surface area contributed by atoms with Crippen LogP contribution >= 0.6 is 0 Å². The second kappa shape index (κ2) is 4.87. The van der Waals surface area contributed by atoms with E-state index in [2.05, 4.69) is 4.74 Å².